The Morgan fingerprint density at radius 2 is 2.14 bits per heavy atom. The molecule has 0 N–H and O–H groups in total. The van der Waals surface area contributed by atoms with Gasteiger partial charge >= 0.3 is 6.18 Å². The van der Waals surface area contributed by atoms with Gasteiger partial charge in [-0.25, -0.2) is 0 Å². The molecule has 2 aromatic rings. The van der Waals surface area contributed by atoms with E-state index in [0.717, 1.165) is 6.07 Å². The molecular formula is C13H11F3N4O. The lowest BCUT2D eigenvalue weighted by Crippen LogP contribution is -2.20. The van der Waals surface area contributed by atoms with Crippen molar-refractivity contribution >= 4 is 5.78 Å². The van der Waals surface area contributed by atoms with Gasteiger partial charge in [-0.15, -0.1) is 5.10 Å². The van der Waals surface area contributed by atoms with Crippen molar-refractivity contribution in [2.24, 2.45) is 0 Å². The van der Waals surface area contributed by atoms with Crippen LogP contribution >= 0.6 is 0 Å². The summed E-state index contributed by atoms with van der Waals surface area (Å²) in [5.74, 6) is -0.418. The van der Waals surface area contributed by atoms with E-state index in [1.807, 2.05) is 6.92 Å². The molecule has 3 rings (SSSR count). The zero-order valence-corrected chi connectivity index (χ0v) is 11.3. The van der Waals surface area contributed by atoms with Gasteiger partial charge in [0, 0.05) is 24.9 Å². The second-order valence-corrected chi connectivity index (χ2v) is 5.07. The summed E-state index contributed by atoms with van der Waals surface area (Å²) in [5.41, 5.74) is 0.697. The van der Waals surface area contributed by atoms with Gasteiger partial charge in [0.05, 0.1) is 11.9 Å². The van der Waals surface area contributed by atoms with Crippen LogP contribution in [0.3, 0.4) is 0 Å². The maximum Gasteiger partial charge on any atom is 0.435 e. The second-order valence-electron chi connectivity index (χ2n) is 5.07. The predicted octanol–water partition coefficient (Wildman–Crippen LogP) is 2.68. The highest BCUT2D eigenvalue weighted by atomic mass is 19.4. The summed E-state index contributed by atoms with van der Waals surface area (Å²) < 4.78 is 39.7. The highest BCUT2D eigenvalue weighted by molar-refractivity contribution is 5.95. The average molecular weight is 296 g/mol. The van der Waals surface area contributed by atoms with Crippen LogP contribution in [0.2, 0.25) is 0 Å². The van der Waals surface area contributed by atoms with E-state index in [1.165, 1.54) is 17.8 Å². The maximum atomic E-state index is 12.8. The minimum Gasteiger partial charge on any atom is -0.293 e. The molecule has 0 saturated heterocycles. The predicted molar refractivity (Wildman–Crippen MR) is 66.7 cm³/mol. The molecule has 0 radical (unpaired) electrons. The third-order valence-corrected chi connectivity index (χ3v) is 3.51. The fraction of sp³-hybridized carbons (Fsp3) is 0.385. The van der Waals surface area contributed by atoms with Gasteiger partial charge in [0.25, 0.3) is 0 Å². The molecule has 0 amide bonds. The monoisotopic (exact) mass is 296 g/mol. The van der Waals surface area contributed by atoms with Crippen LogP contribution in [0, 0.1) is 0 Å². The minimum atomic E-state index is -4.50. The van der Waals surface area contributed by atoms with E-state index in [9.17, 15) is 18.0 Å². The lowest BCUT2D eigenvalue weighted by molar-refractivity contribution is -0.141. The lowest BCUT2D eigenvalue weighted by atomic mass is 9.89. The van der Waals surface area contributed by atoms with Crippen molar-refractivity contribution in [2.75, 3.05) is 0 Å². The zero-order valence-electron chi connectivity index (χ0n) is 11.3. The fourth-order valence-corrected chi connectivity index (χ4v) is 2.62. The molecule has 1 aliphatic heterocycles. The van der Waals surface area contributed by atoms with Crippen LogP contribution in [0.5, 0.6) is 0 Å². The van der Waals surface area contributed by atoms with Crippen LogP contribution in [0.4, 0.5) is 13.2 Å². The van der Waals surface area contributed by atoms with Gasteiger partial charge in [0.1, 0.15) is 5.69 Å². The van der Waals surface area contributed by atoms with Gasteiger partial charge in [-0.1, -0.05) is 6.92 Å². The highest BCUT2D eigenvalue weighted by Crippen LogP contribution is 2.39. The standard InChI is InChI=1S/C13H11F3N4O/c1-6-5-20-9(3-10(19-20)13(14,15)16)8-4-17-18-12(7(2)21)11(6)8/h3-4,6H,5H2,1-2H3. The van der Waals surface area contributed by atoms with Gasteiger partial charge in [-0.05, 0) is 11.6 Å². The smallest absolute Gasteiger partial charge is 0.293 e. The number of ketones is 1. The summed E-state index contributed by atoms with van der Waals surface area (Å²) in [5, 5.41) is 11.2. The van der Waals surface area contributed by atoms with E-state index < -0.39 is 11.9 Å². The van der Waals surface area contributed by atoms with Gasteiger partial charge in [-0.3, -0.25) is 9.48 Å². The summed E-state index contributed by atoms with van der Waals surface area (Å²) >= 11 is 0. The molecule has 2 aromatic heterocycles. The first-order chi connectivity index (χ1) is 9.79. The Hall–Kier alpha value is -2.25. The van der Waals surface area contributed by atoms with Crippen molar-refractivity contribution in [3.8, 4) is 11.3 Å². The lowest BCUT2D eigenvalue weighted by Gasteiger charge is -2.24. The summed E-state index contributed by atoms with van der Waals surface area (Å²) in [7, 11) is 0. The van der Waals surface area contributed by atoms with Gasteiger partial charge in [0.2, 0.25) is 0 Å². The van der Waals surface area contributed by atoms with Crippen molar-refractivity contribution in [1.29, 1.82) is 0 Å². The first-order valence-electron chi connectivity index (χ1n) is 6.31. The molecular weight excluding hydrogens is 285 g/mol. The minimum absolute atomic E-state index is 0.164. The number of carbonyl (C=O) groups excluding carboxylic acids is 1. The van der Waals surface area contributed by atoms with E-state index in [4.69, 9.17) is 0 Å². The molecule has 3 heterocycles. The van der Waals surface area contributed by atoms with Crippen LogP contribution < -0.4 is 0 Å². The van der Waals surface area contributed by atoms with Crippen LogP contribution in [0.25, 0.3) is 11.3 Å². The largest absolute Gasteiger partial charge is 0.435 e. The van der Waals surface area contributed by atoms with Crippen molar-refractivity contribution in [3.05, 3.63) is 29.2 Å². The van der Waals surface area contributed by atoms with Crippen molar-refractivity contribution in [3.63, 3.8) is 0 Å². The molecule has 5 nitrogen and oxygen atoms in total. The Bertz CT molecular complexity index is 736. The Kier molecular flexibility index (Phi) is 2.86. The number of hydrogen-bond donors (Lipinski definition) is 0. The maximum absolute atomic E-state index is 12.8. The van der Waals surface area contributed by atoms with Crippen molar-refractivity contribution in [2.45, 2.75) is 32.5 Å². The third kappa shape index (κ3) is 2.10. The van der Waals surface area contributed by atoms with Crippen LogP contribution in [0.15, 0.2) is 12.3 Å². The summed E-state index contributed by atoms with van der Waals surface area (Å²) in [6.45, 7) is 3.46. The molecule has 0 saturated carbocycles. The van der Waals surface area contributed by atoms with E-state index in [2.05, 4.69) is 15.3 Å². The highest BCUT2D eigenvalue weighted by Gasteiger charge is 2.37. The SMILES string of the molecule is CC(=O)c1nncc2c1C(C)Cn1nc(C(F)(F)F)cc1-2. The summed E-state index contributed by atoms with van der Waals surface area (Å²) in [6.07, 6.45) is -3.12. The number of nitrogens with zero attached hydrogens (tertiary/aromatic N) is 4. The summed E-state index contributed by atoms with van der Waals surface area (Å²) in [4.78, 5) is 11.6. The molecule has 1 unspecified atom stereocenters. The molecule has 1 atom stereocenters. The van der Waals surface area contributed by atoms with Gasteiger partial charge in [0.15, 0.2) is 11.5 Å². The first kappa shape index (κ1) is 13.7. The van der Waals surface area contributed by atoms with E-state index in [1.54, 1.807) is 0 Å². The number of carbonyl (C=O) groups is 1. The molecule has 0 spiro atoms. The fourth-order valence-electron chi connectivity index (χ4n) is 2.62. The van der Waals surface area contributed by atoms with Crippen molar-refractivity contribution in [1.82, 2.24) is 20.0 Å². The molecule has 8 heteroatoms. The number of halogens is 3. The van der Waals surface area contributed by atoms with Crippen molar-refractivity contribution < 1.29 is 18.0 Å². The Labute approximate surface area is 117 Å². The van der Waals surface area contributed by atoms with E-state index >= 15 is 0 Å². The second kappa shape index (κ2) is 4.37. The molecule has 0 aliphatic carbocycles. The normalized spacial score (nSPS) is 17.3. The number of fused-ring (bicyclic) bond motifs is 3. The molecule has 0 fully saturated rings. The number of Topliss-reactive ketones (excluding diaryl/α,β-unsaturated/α-hetero) is 1. The number of hydrogen-bond acceptors (Lipinski definition) is 4. The number of rotatable bonds is 1. The molecule has 0 aromatic carbocycles. The molecule has 1 aliphatic rings. The topological polar surface area (TPSA) is 60.7 Å². The molecule has 0 bridgehead atoms. The summed E-state index contributed by atoms with van der Waals surface area (Å²) in [6, 6.07) is 0.982. The number of alkyl halides is 3. The quantitative estimate of drug-likeness (QED) is 0.759. The zero-order chi connectivity index (χ0) is 15.4. The first-order valence-corrected chi connectivity index (χ1v) is 6.31. The Balaban J connectivity index is 2.24. The van der Waals surface area contributed by atoms with Crippen LogP contribution in [-0.2, 0) is 12.7 Å². The molecule has 110 valence electrons. The average Bonchev–Trinajstić information content (AvgIpc) is 2.82. The molecule has 21 heavy (non-hydrogen) atoms. The third-order valence-electron chi connectivity index (χ3n) is 3.51. The van der Waals surface area contributed by atoms with E-state index in [-0.39, 0.29) is 23.9 Å². The van der Waals surface area contributed by atoms with Gasteiger partial charge < -0.3 is 0 Å². The van der Waals surface area contributed by atoms with E-state index in [0.29, 0.717) is 16.8 Å². The van der Waals surface area contributed by atoms with Gasteiger partial charge in [-0.2, -0.15) is 23.4 Å². The van der Waals surface area contributed by atoms with Crippen LogP contribution in [-0.4, -0.2) is 25.8 Å². The Morgan fingerprint density at radius 1 is 1.43 bits per heavy atom. The number of aromatic nitrogens is 4. The van der Waals surface area contributed by atoms with Crippen LogP contribution in [0.1, 0.15) is 41.5 Å². The Morgan fingerprint density at radius 3 is 2.76 bits per heavy atom.